The fourth-order valence-corrected chi connectivity index (χ4v) is 3.17. The highest BCUT2D eigenvalue weighted by Crippen LogP contribution is 2.28. The van der Waals surface area contributed by atoms with Crippen LogP contribution < -0.4 is 11.1 Å². The predicted octanol–water partition coefficient (Wildman–Crippen LogP) is 0.504. The lowest BCUT2D eigenvalue weighted by Crippen LogP contribution is -2.56. The van der Waals surface area contributed by atoms with Crippen LogP contribution in [0.3, 0.4) is 0 Å². The summed E-state index contributed by atoms with van der Waals surface area (Å²) >= 11 is 1.89. The minimum absolute atomic E-state index is 0.0308. The highest BCUT2D eigenvalue weighted by molar-refractivity contribution is 7.99. The molecule has 1 aliphatic heterocycles. The molecule has 1 aliphatic carbocycles. The van der Waals surface area contributed by atoms with Gasteiger partial charge in [-0.3, -0.25) is 4.79 Å². The summed E-state index contributed by atoms with van der Waals surface area (Å²) in [6, 6.07) is 0.311. The van der Waals surface area contributed by atoms with Gasteiger partial charge < -0.3 is 15.8 Å². The molecule has 1 heterocycles. The maximum absolute atomic E-state index is 12.0. The predicted molar refractivity (Wildman–Crippen MR) is 65.4 cm³/mol. The molecule has 1 saturated carbocycles. The molecule has 2 fully saturated rings. The molecule has 16 heavy (non-hydrogen) atoms. The lowest BCUT2D eigenvalue weighted by Gasteiger charge is -2.23. The van der Waals surface area contributed by atoms with Crippen molar-refractivity contribution in [3.63, 3.8) is 0 Å². The SMILES string of the molecule is CSC1CCC(NC(=O)C2(N)CCOC2)C1. The van der Waals surface area contributed by atoms with Crippen molar-refractivity contribution in [2.24, 2.45) is 5.73 Å². The fourth-order valence-electron chi connectivity index (χ4n) is 2.37. The molecule has 92 valence electrons. The molecular weight excluding hydrogens is 224 g/mol. The normalized spacial score (nSPS) is 38.9. The van der Waals surface area contributed by atoms with Crippen LogP contribution in [0.4, 0.5) is 0 Å². The highest BCUT2D eigenvalue weighted by Gasteiger charge is 2.39. The first kappa shape index (κ1) is 12.2. The Balaban J connectivity index is 1.83. The van der Waals surface area contributed by atoms with Crippen LogP contribution in [0.5, 0.6) is 0 Å². The zero-order valence-corrected chi connectivity index (χ0v) is 10.5. The first-order valence-corrected chi connectivity index (χ1v) is 7.13. The van der Waals surface area contributed by atoms with Crippen LogP contribution in [0.15, 0.2) is 0 Å². The van der Waals surface area contributed by atoms with Gasteiger partial charge in [0.25, 0.3) is 0 Å². The van der Waals surface area contributed by atoms with Crippen molar-refractivity contribution in [2.75, 3.05) is 19.5 Å². The van der Waals surface area contributed by atoms with Gasteiger partial charge in [0.05, 0.1) is 6.61 Å². The number of hydrogen-bond donors (Lipinski definition) is 2. The van der Waals surface area contributed by atoms with E-state index in [0.29, 0.717) is 30.9 Å². The number of hydrogen-bond acceptors (Lipinski definition) is 4. The van der Waals surface area contributed by atoms with Crippen molar-refractivity contribution in [1.82, 2.24) is 5.32 Å². The highest BCUT2D eigenvalue weighted by atomic mass is 32.2. The molecule has 0 bridgehead atoms. The third-order valence-electron chi connectivity index (χ3n) is 3.56. The smallest absolute Gasteiger partial charge is 0.242 e. The Bertz CT molecular complexity index is 267. The summed E-state index contributed by atoms with van der Waals surface area (Å²) in [7, 11) is 0. The molecule has 3 N–H and O–H groups in total. The van der Waals surface area contributed by atoms with Crippen LogP contribution in [0.2, 0.25) is 0 Å². The van der Waals surface area contributed by atoms with E-state index < -0.39 is 5.54 Å². The molecule has 1 saturated heterocycles. The number of nitrogens with two attached hydrogens (primary N) is 1. The van der Waals surface area contributed by atoms with Crippen molar-refractivity contribution >= 4 is 17.7 Å². The van der Waals surface area contributed by atoms with E-state index in [1.807, 2.05) is 11.8 Å². The minimum atomic E-state index is -0.780. The molecule has 0 aromatic heterocycles. The molecule has 4 nitrogen and oxygen atoms in total. The standard InChI is InChI=1S/C11H20N2O2S/c1-16-9-3-2-8(6-9)13-10(14)11(12)4-5-15-7-11/h8-9H,2-7,12H2,1H3,(H,13,14). The van der Waals surface area contributed by atoms with Crippen molar-refractivity contribution in [1.29, 1.82) is 0 Å². The van der Waals surface area contributed by atoms with Gasteiger partial charge in [-0.05, 0) is 31.9 Å². The molecule has 0 aromatic carbocycles. The van der Waals surface area contributed by atoms with Gasteiger partial charge in [-0.25, -0.2) is 0 Å². The van der Waals surface area contributed by atoms with Gasteiger partial charge in [-0.15, -0.1) is 0 Å². The Labute approximate surface area is 101 Å². The Morgan fingerprint density at radius 2 is 2.38 bits per heavy atom. The fraction of sp³-hybridized carbons (Fsp3) is 0.909. The van der Waals surface area contributed by atoms with Gasteiger partial charge in [-0.2, -0.15) is 11.8 Å². The number of thioether (sulfide) groups is 1. The van der Waals surface area contributed by atoms with E-state index in [0.717, 1.165) is 12.8 Å². The summed E-state index contributed by atoms with van der Waals surface area (Å²) in [6.07, 6.45) is 6.11. The largest absolute Gasteiger partial charge is 0.379 e. The third kappa shape index (κ3) is 2.52. The first-order valence-electron chi connectivity index (χ1n) is 5.84. The molecule has 2 rings (SSSR count). The summed E-state index contributed by atoms with van der Waals surface area (Å²) < 4.78 is 5.20. The van der Waals surface area contributed by atoms with Crippen LogP contribution in [-0.2, 0) is 9.53 Å². The topological polar surface area (TPSA) is 64.4 Å². The lowest BCUT2D eigenvalue weighted by atomic mass is 9.98. The van der Waals surface area contributed by atoms with Gasteiger partial charge in [-0.1, -0.05) is 0 Å². The number of nitrogens with one attached hydrogen (secondary N) is 1. The summed E-state index contributed by atoms with van der Waals surface area (Å²) in [4.78, 5) is 12.0. The van der Waals surface area contributed by atoms with Crippen molar-refractivity contribution in [3.05, 3.63) is 0 Å². The lowest BCUT2D eigenvalue weighted by molar-refractivity contribution is -0.127. The van der Waals surface area contributed by atoms with E-state index in [2.05, 4.69) is 11.6 Å². The number of ether oxygens (including phenoxy) is 1. The number of amides is 1. The van der Waals surface area contributed by atoms with Gasteiger partial charge in [0.2, 0.25) is 5.91 Å². The van der Waals surface area contributed by atoms with E-state index in [4.69, 9.17) is 10.5 Å². The van der Waals surface area contributed by atoms with E-state index in [1.165, 1.54) is 6.42 Å². The number of carbonyl (C=O) groups is 1. The van der Waals surface area contributed by atoms with Crippen LogP contribution in [0.1, 0.15) is 25.7 Å². The van der Waals surface area contributed by atoms with E-state index in [1.54, 1.807) is 0 Å². The summed E-state index contributed by atoms with van der Waals surface area (Å²) in [5, 5.41) is 3.76. The molecule has 1 amide bonds. The van der Waals surface area contributed by atoms with Crippen LogP contribution in [-0.4, -0.2) is 42.2 Å². The van der Waals surface area contributed by atoms with Gasteiger partial charge in [0.1, 0.15) is 5.54 Å². The molecule has 0 aromatic rings. The van der Waals surface area contributed by atoms with Gasteiger partial charge in [0.15, 0.2) is 0 Å². The summed E-state index contributed by atoms with van der Waals surface area (Å²) in [5.41, 5.74) is 5.23. The third-order valence-corrected chi connectivity index (χ3v) is 4.65. The second-order valence-electron chi connectivity index (χ2n) is 4.80. The van der Waals surface area contributed by atoms with E-state index >= 15 is 0 Å². The average Bonchev–Trinajstić information content (AvgIpc) is 2.88. The monoisotopic (exact) mass is 244 g/mol. The molecular formula is C11H20N2O2S. The quantitative estimate of drug-likeness (QED) is 0.759. The molecule has 3 atom stereocenters. The van der Waals surface area contributed by atoms with E-state index in [-0.39, 0.29) is 5.91 Å². The second-order valence-corrected chi connectivity index (χ2v) is 5.94. The van der Waals surface area contributed by atoms with Crippen molar-refractivity contribution < 1.29 is 9.53 Å². The minimum Gasteiger partial charge on any atom is -0.379 e. The van der Waals surface area contributed by atoms with Gasteiger partial charge >= 0.3 is 0 Å². The summed E-state index contributed by atoms with van der Waals surface area (Å²) in [6.45, 7) is 0.958. The zero-order chi connectivity index (χ0) is 11.6. The Kier molecular flexibility index (Phi) is 3.77. The van der Waals surface area contributed by atoms with Gasteiger partial charge in [0, 0.05) is 17.9 Å². The first-order chi connectivity index (χ1) is 7.64. The number of carbonyl (C=O) groups excluding carboxylic acids is 1. The Morgan fingerprint density at radius 1 is 1.56 bits per heavy atom. The van der Waals surface area contributed by atoms with Crippen molar-refractivity contribution in [3.8, 4) is 0 Å². The van der Waals surface area contributed by atoms with Crippen LogP contribution in [0.25, 0.3) is 0 Å². The van der Waals surface area contributed by atoms with Crippen LogP contribution >= 0.6 is 11.8 Å². The summed E-state index contributed by atoms with van der Waals surface area (Å²) in [5.74, 6) is -0.0308. The van der Waals surface area contributed by atoms with Crippen molar-refractivity contribution in [2.45, 2.75) is 42.5 Å². The number of rotatable bonds is 3. The zero-order valence-electron chi connectivity index (χ0n) is 9.70. The molecule has 2 aliphatic rings. The maximum Gasteiger partial charge on any atom is 0.242 e. The molecule has 3 unspecified atom stereocenters. The maximum atomic E-state index is 12.0. The molecule has 0 radical (unpaired) electrons. The van der Waals surface area contributed by atoms with Crippen LogP contribution in [0, 0.1) is 0 Å². The average molecular weight is 244 g/mol. The second kappa shape index (κ2) is 4.94. The van der Waals surface area contributed by atoms with E-state index in [9.17, 15) is 4.79 Å². The molecule has 5 heteroatoms. The Morgan fingerprint density at radius 3 is 2.94 bits per heavy atom. The Hall–Kier alpha value is -0.260. The molecule has 0 spiro atoms.